The Balaban J connectivity index is 1.61. The molecule has 2 aliphatic heterocycles. The van der Waals surface area contributed by atoms with Crippen LogP contribution >= 0.6 is 0 Å². The first-order valence-electron chi connectivity index (χ1n) is 15.0. The van der Waals surface area contributed by atoms with Crippen LogP contribution < -0.4 is 5.32 Å². The zero-order valence-corrected chi connectivity index (χ0v) is 27.2. The van der Waals surface area contributed by atoms with Crippen molar-refractivity contribution in [3.63, 3.8) is 0 Å². The zero-order valence-electron chi connectivity index (χ0n) is 26.4. The van der Waals surface area contributed by atoms with Crippen molar-refractivity contribution in [2.75, 3.05) is 32.7 Å². The molecule has 12 nitrogen and oxygen atoms in total. The first-order valence-corrected chi connectivity index (χ1v) is 16.4. The molecule has 250 valence electrons. The number of carbonyl (C=O) groups is 3. The summed E-state index contributed by atoms with van der Waals surface area (Å²) in [5.41, 5.74) is -0.951. The van der Waals surface area contributed by atoms with E-state index in [2.05, 4.69) is 5.32 Å². The van der Waals surface area contributed by atoms with Crippen LogP contribution in [0, 0.1) is 33.1 Å². The Morgan fingerprint density at radius 1 is 1.07 bits per heavy atom. The highest BCUT2D eigenvalue weighted by atomic mass is 32.2. The molecule has 3 amide bonds. The van der Waals surface area contributed by atoms with E-state index in [0.717, 1.165) is 22.5 Å². The molecule has 0 aromatic heterocycles. The van der Waals surface area contributed by atoms with E-state index in [0.29, 0.717) is 12.5 Å². The number of piperazine rings is 1. The summed E-state index contributed by atoms with van der Waals surface area (Å²) in [6.45, 7) is 8.56. The third-order valence-electron chi connectivity index (χ3n) is 8.36. The minimum Gasteiger partial charge on any atom is -0.345 e. The van der Waals surface area contributed by atoms with Gasteiger partial charge in [-0.25, -0.2) is 17.2 Å². The van der Waals surface area contributed by atoms with Gasteiger partial charge in [0.2, 0.25) is 27.7 Å². The molecule has 4 atom stereocenters. The van der Waals surface area contributed by atoms with Gasteiger partial charge in [0.25, 0.3) is 5.69 Å². The Kier molecular flexibility index (Phi) is 10.2. The first-order chi connectivity index (χ1) is 21.4. The predicted molar refractivity (Wildman–Crippen MR) is 164 cm³/mol. The first kappa shape index (κ1) is 34.9. The van der Waals surface area contributed by atoms with Crippen molar-refractivity contribution in [2.45, 2.75) is 63.9 Å². The van der Waals surface area contributed by atoms with Gasteiger partial charge in [0.05, 0.1) is 10.8 Å². The van der Waals surface area contributed by atoms with Crippen LogP contribution in [-0.2, 0) is 24.4 Å². The Hall–Kier alpha value is -3.98. The van der Waals surface area contributed by atoms with E-state index in [1.807, 2.05) is 20.8 Å². The van der Waals surface area contributed by atoms with Crippen molar-refractivity contribution < 1.29 is 36.5 Å². The zero-order chi connectivity index (χ0) is 34.1. The number of amides is 3. The summed E-state index contributed by atoms with van der Waals surface area (Å²) in [5, 5.41) is 14.4. The Labute approximate surface area is 266 Å². The number of nitrogens with one attached hydrogen (secondary N) is 1. The second kappa shape index (κ2) is 13.4. The van der Waals surface area contributed by atoms with E-state index < -0.39 is 73.5 Å². The fourth-order valence-corrected chi connectivity index (χ4v) is 7.92. The molecular weight excluding hydrogens is 624 g/mol. The van der Waals surface area contributed by atoms with Gasteiger partial charge >= 0.3 is 0 Å². The third kappa shape index (κ3) is 7.52. The van der Waals surface area contributed by atoms with Gasteiger partial charge in [0, 0.05) is 63.7 Å². The maximum atomic E-state index is 15.1. The topological polar surface area (TPSA) is 150 Å². The number of hydrogen-bond acceptors (Lipinski definition) is 7. The fourth-order valence-electron chi connectivity index (χ4n) is 6.27. The van der Waals surface area contributed by atoms with E-state index in [4.69, 9.17) is 0 Å². The number of nitro groups is 1. The van der Waals surface area contributed by atoms with Crippen LogP contribution in [0.3, 0.4) is 0 Å². The minimum absolute atomic E-state index is 0.0539. The maximum absolute atomic E-state index is 15.1. The lowest BCUT2D eigenvalue weighted by Crippen LogP contribution is -2.60. The van der Waals surface area contributed by atoms with Gasteiger partial charge in [-0.2, -0.15) is 4.31 Å². The van der Waals surface area contributed by atoms with Crippen molar-refractivity contribution in [1.29, 1.82) is 0 Å². The molecule has 2 aromatic carbocycles. The molecule has 0 spiro atoms. The van der Waals surface area contributed by atoms with Crippen LogP contribution in [0.25, 0.3) is 0 Å². The lowest BCUT2D eigenvalue weighted by molar-refractivity contribution is -0.387. The molecule has 1 unspecified atom stereocenters. The number of hydrogen-bond donors (Lipinski definition) is 1. The summed E-state index contributed by atoms with van der Waals surface area (Å²) < 4.78 is 57.3. The number of nitro benzene ring substituents is 1. The number of carbonyl (C=O) groups excluding carboxylic acids is 3. The normalized spacial score (nSPS) is 21.6. The van der Waals surface area contributed by atoms with Gasteiger partial charge in [-0.3, -0.25) is 24.5 Å². The van der Waals surface area contributed by atoms with Crippen molar-refractivity contribution in [2.24, 2.45) is 11.3 Å². The molecule has 46 heavy (non-hydrogen) atoms. The van der Waals surface area contributed by atoms with E-state index in [1.165, 1.54) is 30.0 Å². The molecular formula is C31H39F2N5O7S. The molecule has 2 aliphatic rings. The molecule has 4 rings (SSSR count). The monoisotopic (exact) mass is 663 g/mol. The second-order valence-electron chi connectivity index (χ2n) is 13.1. The van der Waals surface area contributed by atoms with Crippen molar-refractivity contribution in [3.05, 3.63) is 69.8 Å². The molecule has 0 radical (unpaired) electrons. The van der Waals surface area contributed by atoms with Crippen LogP contribution in [-0.4, -0.2) is 90.0 Å². The predicted octanol–water partition coefficient (Wildman–Crippen LogP) is 3.28. The summed E-state index contributed by atoms with van der Waals surface area (Å²) in [6, 6.07) is 6.42. The number of benzene rings is 2. The van der Waals surface area contributed by atoms with Crippen molar-refractivity contribution in [3.8, 4) is 0 Å². The average molecular weight is 664 g/mol. The number of rotatable bonds is 8. The summed E-state index contributed by atoms with van der Waals surface area (Å²) in [5.74, 6) is -5.02. The molecule has 2 fully saturated rings. The number of halogens is 2. The van der Waals surface area contributed by atoms with Crippen LogP contribution in [0.4, 0.5) is 14.5 Å². The molecule has 2 aromatic rings. The molecule has 15 heteroatoms. The Morgan fingerprint density at radius 3 is 2.33 bits per heavy atom. The Bertz CT molecular complexity index is 1630. The number of para-hydroxylation sites is 1. The molecule has 0 aliphatic carbocycles. The van der Waals surface area contributed by atoms with Crippen LogP contribution in [0.15, 0.2) is 47.4 Å². The molecule has 1 N–H and O–H groups in total. The van der Waals surface area contributed by atoms with Crippen LogP contribution in [0.1, 0.15) is 52.5 Å². The Morgan fingerprint density at radius 2 is 1.74 bits per heavy atom. The highest BCUT2D eigenvalue weighted by molar-refractivity contribution is 7.89. The van der Waals surface area contributed by atoms with Crippen LogP contribution in [0.2, 0.25) is 0 Å². The lowest BCUT2D eigenvalue weighted by atomic mass is 9.86. The number of sulfonamides is 1. The summed E-state index contributed by atoms with van der Waals surface area (Å²) in [4.78, 5) is 52.8. The summed E-state index contributed by atoms with van der Waals surface area (Å²) in [7, 11) is -4.50. The SMILES string of the molecule is CC(=O)NC(CC(C)(C)C)C(=O)N1CCN(C(=O)[C@@H]2CN(S(=O)(=O)c3ccccc3[N+](=O)[O-])C[C@H]2c2ccc(F)cc2F)[C@@H](C)C1. The highest BCUT2D eigenvalue weighted by Crippen LogP contribution is 2.40. The van der Waals surface area contributed by atoms with Gasteiger partial charge in [-0.1, -0.05) is 39.0 Å². The summed E-state index contributed by atoms with van der Waals surface area (Å²) >= 11 is 0. The van der Waals surface area contributed by atoms with E-state index in [1.54, 1.807) is 11.8 Å². The molecule has 0 saturated carbocycles. The van der Waals surface area contributed by atoms with E-state index in [-0.39, 0.29) is 49.0 Å². The van der Waals surface area contributed by atoms with Crippen molar-refractivity contribution >= 4 is 33.4 Å². The van der Waals surface area contributed by atoms with Crippen molar-refractivity contribution in [1.82, 2.24) is 19.4 Å². The van der Waals surface area contributed by atoms with E-state index in [9.17, 15) is 37.3 Å². The third-order valence-corrected chi connectivity index (χ3v) is 10.2. The van der Waals surface area contributed by atoms with Gasteiger partial charge in [0.15, 0.2) is 4.90 Å². The summed E-state index contributed by atoms with van der Waals surface area (Å²) in [6.07, 6.45) is 0.399. The average Bonchev–Trinajstić information content (AvgIpc) is 3.41. The van der Waals surface area contributed by atoms with E-state index >= 15 is 4.39 Å². The lowest BCUT2D eigenvalue weighted by Gasteiger charge is -2.42. The maximum Gasteiger partial charge on any atom is 0.289 e. The molecule has 0 bridgehead atoms. The smallest absolute Gasteiger partial charge is 0.289 e. The highest BCUT2D eigenvalue weighted by Gasteiger charge is 2.48. The fraction of sp³-hybridized carbons (Fsp3) is 0.516. The van der Waals surface area contributed by atoms with Gasteiger partial charge in [0.1, 0.15) is 17.7 Å². The number of nitrogens with zero attached hydrogens (tertiary/aromatic N) is 4. The largest absolute Gasteiger partial charge is 0.345 e. The molecule has 2 saturated heterocycles. The second-order valence-corrected chi connectivity index (χ2v) is 15.0. The molecule has 2 heterocycles. The standard InChI is InChI=1S/C31H39F2N5O7S/c1-19-16-35(30(41)26(34-20(2)39)15-31(3,4)5)12-13-37(19)29(40)24-18-36(17-23(24)22-11-10-21(32)14-25(22)33)46(44,45)28-9-7-6-8-27(28)38(42)43/h6-11,14,19,23-24,26H,12-13,15-18H2,1-5H3,(H,34,39)/t19-,23-,24+,26?/m0/s1. The minimum atomic E-state index is -4.50. The van der Waals surface area contributed by atoms with Gasteiger partial charge < -0.3 is 15.1 Å². The van der Waals surface area contributed by atoms with Gasteiger partial charge in [-0.15, -0.1) is 0 Å². The quantitative estimate of drug-likeness (QED) is 0.337. The van der Waals surface area contributed by atoms with Crippen LogP contribution in [0.5, 0.6) is 0 Å². The van der Waals surface area contributed by atoms with Gasteiger partial charge in [-0.05, 0) is 36.5 Å².